The van der Waals surface area contributed by atoms with Crippen LogP contribution in [-0.4, -0.2) is 38.8 Å². The van der Waals surface area contributed by atoms with Crippen molar-refractivity contribution in [2.75, 3.05) is 13.1 Å². The second-order valence-corrected chi connectivity index (χ2v) is 5.56. The van der Waals surface area contributed by atoms with Gasteiger partial charge in [0.15, 0.2) is 5.69 Å². The number of hydrogen-bond acceptors (Lipinski definition) is 3. The van der Waals surface area contributed by atoms with Crippen LogP contribution in [0.2, 0.25) is 0 Å². The van der Waals surface area contributed by atoms with Crippen LogP contribution in [0.4, 0.5) is 0 Å². The van der Waals surface area contributed by atoms with Gasteiger partial charge < -0.3 is 10.0 Å². The minimum atomic E-state index is -0.700. The highest BCUT2D eigenvalue weighted by Gasteiger charge is 2.21. The summed E-state index contributed by atoms with van der Waals surface area (Å²) in [5.41, 5.74) is 3.30. The van der Waals surface area contributed by atoms with Gasteiger partial charge >= 0.3 is 0 Å². The molecule has 1 aromatic carbocycles. The molecule has 0 aliphatic rings. The lowest BCUT2D eigenvalue weighted by Gasteiger charge is -2.23. The number of carbonyl (C=O) groups excluding carboxylic acids is 1. The lowest BCUT2D eigenvalue weighted by Crippen LogP contribution is -2.35. The van der Waals surface area contributed by atoms with E-state index in [1.807, 2.05) is 52.1 Å². The van der Waals surface area contributed by atoms with E-state index in [4.69, 9.17) is 0 Å². The molecule has 1 N–H and O–H groups in total. The molecule has 22 heavy (non-hydrogen) atoms. The quantitative estimate of drug-likeness (QED) is 0.921. The van der Waals surface area contributed by atoms with E-state index in [-0.39, 0.29) is 12.5 Å². The van der Waals surface area contributed by atoms with Crippen LogP contribution in [0.1, 0.15) is 40.3 Å². The van der Waals surface area contributed by atoms with Gasteiger partial charge in [-0.3, -0.25) is 9.48 Å². The zero-order chi connectivity index (χ0) is 16.3. The number of nitrogens with zero attached hydrogens (tertiary/aromatic N) is 3. The van der Waals surface area contributed by atoms with Crippen LogP contribution in [0.5, 0.6) is 0 Å². The van der Waals surface area contributed by atoms with Crippen LogP contribution in [-0.2, 0) is 7.05 Å². The van der Waals surface area contributed by atoms with Gasteiger partial charge in [0, 0.05) is 19.3 Å². The van der Waals surface area contributed by atoms with Crippen LogP contribution in [0.25, 0.3) is 0 Å². The number of likely N-dealkylation sites (N-methyl/N-ethyl adjacent to an activating group) is 1. The molecule has 0 aliphatic carbocycles. The summed E-state index contributed by atoms with van der Waals surface area (Å²) in [4.78, 5) is 14.1. The fourth-order valence-electron chi connectivity index (χ4n) is 2.29. The Balaban J connectivity index is 2.11. The molecule has 1 atom stereocenters. The molecule has 0 fully saturated rings. The molecule has 0 spiro atoms. The fraction of sp³-hybridized carbons (Fsp3) is 0.412. The number of hydrogen-bond donors (Lipinski definition) is 1. The topological polar surface area (TPSA) is 58.4 Å². The second kappa shape index (κ2) is 6.75. The molecule has 5 heteroatoms. The molecule has 1 aromatic heterocycles. The third kappa shape index (κ3) is 3.54. The first-order valence-corrected chi connectivity index (χ1v) is 7.47. The molecule has 2 aromatic rings. The summed E-state index contributed by atoms with van der Waals surface area (Å²) in [7, 11) is 1.81. The highest BCUT2D eigenvalue weighted by Crippen LogP contribution is 2.16. The summed E-state index contributed by atoms with van der Waals surface area (Å²) < 4.78 is 1.68. The van der Waals surface area contributed by atoms with Gasteiger partial charge in [-0.1, -0.05) is 29.8 Å². The van der Waals surface area contributed by atoms with Crippen LogP contribution in [0.3, 0.4) is 0 Å². The van der Waals surface area contributed by atoms with Crippen LogP contribution >= 0.6 is 0 Å². The van der Waals surface area contributed by atoms with Crippen LogP contribution in [0.15, 0.2) is 30.3 Å². The summed E-state index contributed by atoms with van der Waals surface area (Å²) >= 11 is 0. The van der Waals surface area contributed by atoms with E-state index in [1.54, 1.807) is 15.6 Å². The number of carbonyl (C=O) groups is 1. The Morgan fingerprint density at radius 1 is 1.32 bits per heavy atom. The summed E-state index contributed by atoms with van der Waals surface area (Å²) in [5, 5.41) is 14.6. The van der Waals surface area contributed by atoms with Crippen molar-refractivity contribution < 1.29 is 9.90 Å². The van der Waals surface area contributed by atoms with Gasteiger partial charge in [0.1, 0.15) is 0 Å². The van der Waals surface area contributed by atoms with E-state index >= 15 is 0 Å². The number of amides is 1. The molecule has 2 rings (SSSR count). The SMILES string of the molecule is CCN(CC(O)c1ccc(C)cc1)C(=O)c1cc(C)n(C)n1. The average molecular weight is 301 g/mol. The second-order valence-electron chi connectivity index (χ2n) is 5.56. The van der Waals surface area contributed by atoms with Gasteiger partial charge in [-0.05, 0) is 32.4 Å². The van der Waals surface area contributed by atoms with E-state index in [9.17, 15) is 9.90 Å². The van der Waals surface area contributed by atoms with Crippen LogP contribution < -0.4 is 0 Å². The zero-order valence-electron chi connectivity index (χ0n) is 13.6. The number of rotatable bonds is 5. The monoisotopic (exact) mass is 301 g/mol. The first kappa shape index (κ1) is 16.2. The van der Waals surface area contributed by atoms with E-state index < -0.39 is 6.10 Å². The highest BCUT2D eigenvalue weighted by molar-refractivity contribution is 5.92. The Hall–Kier alpha value is -2.14. The number of benzene rings is 1. The predicted octanol–water partition coefficient (Wildman–Crippen LogP) is 2.23. The summed E-state index contributed by atoms with van der Waals surface area (Å²) in [5.74, 6) is -0.155. The van der Waals surface area contributed by atoms with E-state index in [1.165, 1.54) is 0 Å². The molecular weight excluding hydrogens is 278 g/mol. The molecule has 0 saturated carbocycles. The van der Waals surface area contributed by atoms with Crippen molar-refractivity contribution >= 4 is 5.91 Å². The largest absolute Gasteiger partial charge is 0.387 e. The summed E-state index contributed by atoms with van der Waals surface area (Å²) in [6, 6.07) is 9.47. The molecule has 0 aliphatic heterocycles. The van der Waals surface area contributed by atoms with Crippen molar-refractivity contribution in [2.45, 2.75) is 26.9 Å². The van der Waals surface area contributed by atoms with Crippen LogP contribution in [0, 0.1) is 13.8 Å². The lowest BCUT2D eigenvalue weighted by atomic mass is 10.1. The lowest BCUT2D eigenvalue weighted by molar-refractivity contribution is 0.0628. The van der Waals surface area contributed by atoms with Gasteiger partial charge in [-0.15, -0.1) is 0 Å². The maximum atomic E-state index is 12.5. The Morgan fingerprint density at radius 2 is 1.95 bits per heavy atom. The van der Waals surface area contributed by atoms with Gasteiger partial charge in [0.25, 0.3) is 5.91 Å². The Bertz CT molecular complexity index is 627. The van der Waals surface area contributed by atoms with Crippen molar-refractivity contribution in [1.29, 1.82) is 0 Å². The minimum Gasteiger partial charge on any atom is -0.387 e. The Kier molecular flexibility index (Phi) is 4.98. The van der Waals surface area contributed by atoms with Gasteiger partial charge in [0.2, 0.25) is 0 Å². The smallest absolute Gasteiger partial charge is 0.274 e. The third-order valence-corrected chi connectivity index (χ3v) is 3.86. The maximum Gasteiger partial charge on any atom is 0.274 e. The van der Waals surface area contributed by atoms with E-state index in [2.05, 4.69) is 5.10 Å². The molecule has 1 heterocycles. The third-order valence-electron chi connectivity index (χ3n) is 3.86. The number of aromatic nitrogens is 2. The standard InChI is InChI=1S/C17H23N3O2/c1-5-20(17(22)15-10-13(3)19(4)18-15)11-16(21)14-8-6-12(2)7-9-14/h6-10,16,21H,5,11H2,1-4H3. The normalized spacial score (nSPS) is 12.2. The molecule has 0 bridgehead atoms. The molecule has 0 radical (unpaired) electrons. The molecular formula is C17H23N3O2. The average Bonchev–Trinajstić information content (AvgIpc) is 2.84. The molecule has 1 unspecified atom stereocenters. The first-order valence-electron chi connectivity index (χ1n) is 7.47. The molecule has 1 amide bonds. The first-order chi connectivity index (χ1) is 10.4. The summed E-state index contributed by atoms with van der Waals surface area (Å²) in [6.45, 7) is 6.59. The Labute approximate surface area is 131 Å². The van der Waals surface area contributed by atoms with Crippen molar-refractivity contribution in [2.24, 2.45) is 7.05 Å². The van der Waals surface area contributed by atoms with E-state index in [0.717, 1.165) is 16.8 Å². The van der Waals surface area contributed by atoms with Gasteiger partial charge in [-0.2, -0.15) is 5.10 Å². The van der Waals surface area contributed by atoms with Crippen molar-refractivity contribution in [1.82, 2.24) is 14.7 Å². The van der Waals surface area contributed by atoms with Gasteiger partial charge in [-0.25, -0.2) is 0 Å². The number of aliphatic hydroxyl groups is 1. The zero-order valence-corrected chi connectivity index (χ0v) is 13.6. The molecule has 5 nitrogen and oxygen atoms in total. The molecule has 0 saturated heterocycles. The van der Waals surface area contributed by atoms with Crippen molar-refractivity contribution in [3.05, 3.63) is 52.8 Å². The predicted molar refractivity (Wildman–Crippen MR) is 85.7 cm³/mol. The Morgan fingerprint density at radius 3 is 2.45 bits per heavy atom. The number of aryl methyl sites for hydroxylation is 3. The maximum absolute atomic E-state index is 12.5. The van der Waals surface area contributed by atoms with E-state index in [0.29, 0.717) is 12.2 Å². The molecule has 118 valence electrons. The highest BCUT2D eigenvalue weighted by atomic mass is 16.3. The fourth-order valence-corrected chi connectivity index (χ4v) is 2.29. The number of aliphatic hydroxyl groups excluding tert-OH is 1. The summed E-state index contributed by atoms with van der Waals surface area (Å²) in [6.07, 6.45) is -0.700. The van der Waals surface area contributed by atoms with Crippen molar-refractivity contribution in [3.63, 3.8) is 0 Å². The minimum absolute atomic E-state index is 0.155. The van der Waals surface area contributed by atoms with Gasteiger partial charge in [0.05, 0.1) is 12.6 Å². The van der Waals surface area contributed by atoms with Crippen molar-refractivity contribution in [3.8, 4) is 0 Å².